The van der Waals surface area contributed by atoms with Crippen LogP contribution < -0.4 is 9.47 Å². The number of aromatic nitrogens is 2. The topological polar surface area (TPSA) is 73.6 Å². The van der Waals surface area contributed by atoms with Gasteiger partial charge in [-0.2, -0.15) is 5.10 Å². The third-order valence-corrected chi connectivity index (χ3v) is 5.10. The first-order chi connectivity index (χ1) is 15.6. The van der Waals surface area contributed by atoms with Gasteiger partial charge in [0.05, 0.1) is 31.0 Å². The number of carboxylic acid groups (broad SMARTS) is 1. The fourth-order valence-corrected chi connectivity index (χ4v) is 3.60. The van der Waals surface area contributed by atoms with Gasteiger partial charge in [0.1, 0.15) is 11.5 Å². The minimum atomic E-state index is -0.863. The summed E-state index contributed by atoms with van der Waals surface area (Å²) in [4.78, 5) is 11.3. The Balaban J connectivity index is 2.13. The average molecular weight is 437 g/mol. The number of unbranched alkanes of at least 4 members (excludes halogenated alkanes) is 1. The van der Waals surface area contributed by atoms with Gasteiger partial charge < -0.3 is 14.6 Å². The van der Waals surface area contributed by atoms with E-state index in [-0.39, 0.29) is 6.42 Å². The number of carboxylic acids is 1. The number of rotatable bonds is 12. The average Bonchev–Trinajstić information content (AvgIpc) is 3.20. The van der Waals surface area contributed by atoms with Crippen molar-refractivity contribution in [3.05, 3.63) is 54.1 Å². The molecule has 0 atom stereocenters. The van der Waals surface area contributed by atoms with Gasteiger partial charge >= 0.3 is 5.97 Å². The predicted octanol–water partition coefficient (Wildman–Crippen LogP) is 5.83. The minimum Gasteiger partial charge on any atom is -0.493 e. The second-order valence-electron chi connectivity index (χ2n) is 7.67. The molecule has 0 aliphatic heterocycles. The Bertz CT molecular complexity index is 1040. The van der Waals surface area contributed by atoms with Crippen molar-refractivity contribution in [3.63, 3.8) is 0 Å². The molecule has 6 nitrogen and oxygen atoms in total. The molecule has 2 aromatic carbocycles. The Hall–Kier alpha value is -3.28. The van der Waals surface area contributed by atoms with Crippen LogP contribution in [0, 0.1) is 0 Å². The highest BCUT2D eigenvalue weighted by atomic mass is 16.5. The molecule has 0 fully saturated rings. The zero-order valence-corrected chi connectivity index (χ0v) is 19.1. The number of aliphatic carboxylic acids is 1. The van der Waals surface area contributed by atoms with E-state index in [4.69, 9.17) is 14.6 Å². The zero-order chi connectivity index (χ0) is 22.9. The molecule has 1 aromatic heterocycles. The van der Waals surface area contributed by atoms with Gasteiger partial charge in [-0.1, -0.05) is 38.5 Å². The lowest BCUT2D eigenvalue weighted by Crippen LogP contribution is -2.04. The van der Waals surface area contributed by atoms with Crippen molar-refractivity contribution in [1.82, 2.24) is 9.78 Å². The summed E-state index contributed by atoms with van der Waals surface area (Å²) < 4.78 is 13.9. The number of nitrogens with zero attached hydrogens (tertiary/aromatic N) is 2. The quantitative estimate of drug-likeness (QED) is 0.387. The molecule has 0 aliphatic carbocycles. The van der Waals surface area contributed by atoms with Crippen LogP contribution in [0.1, 0.15) is 45.6 Å². The maximum atomic E-state index is 11.3. The standard InChI is InChI=1S/C26H32N2O4/c1-4-7-14-28-23(20-10-8-9-11-24(20)31-6-3)18-22(27-28)21-16-19(17-26(29)30)12-13-25(21)32-15-5-2/h8-13,16,18H,4-7,14-15,17H2,1-3H3,(H,29,30). The van der Waals surface area contributed by atoms with Crippen LogP contribution >= 0.6 is 0 Å². The fraction of sp³-hybridized carbons (Fsp3) is 0.385. The van der Waals surface area contributed by atoms with E-state index >= 15 is 0 Å². The summed E-state index contributed by atoms with van der Waals surface area (Å²) in [5.74, 6) is 0.671. The van der Waals surface area contributed by atoms with Crippen LogP contribution in [-0.4, -0.2) is 34.1 Å². The Kier molecular flexibility index (Phi) is 8.31. The molecular weight excluding hydrogens is 404 g/mol. The second kappa shape index (κ2) is 11.4. The Morgan fingerprint density at radius 3 is 2.47 bits per heavy atom. The van der Waals surface area contributed by atoms with E-state index in [0.717, 1.165) is 59.6 Å². The van der Waals surface area contributed by atoms with Crippen LogP contribution in [0.15, 0.2) is 48.5 Å². The van der Waals surface area contributed by atoms with Crippen molar-refractivity contribution in [2.45, 2.75) is 53.0 Å². The largest absolute Gasteiger partial charge is 0.493 e. The van der Waals surface area contributed by atoms with E-state index in [1.54, 1.807) is 0 Å². The highest BCUT2D eigenvalue weighted by Gasteiger charge is 2.18. The second-order valence-corrected chi connectivity index (χ2v) is 7.67. The first-order valence-corrected chi connectivity index (χ1v) is 11.3. The zero-order valence-electron chi connectivity index (χ0n) is 19.1. The van der Waals surface area contributed by atoms with Crippen molar-refractivity contribution >= 4 is 5.97 Å². The molecule has 0 saturated carbocycles. The molecule has 1 heterocycles. The summed E-state index contributed by atoms with van der Waals surface area (Å²) in [5.41, 5.74) is 4.25. The molecule has 0 bridgehead atoms. The van der Waals surface area contributed by atoms with E-state index in [9.17, 15) is 9.90 Å². The molecule has 0 radical (unpaired) electrons. The monoisotopic (exact) mass is 436 g/mol. The molecule has 6 heteroatoms. The molecule has 32 heavy (non-hydrogen) atoms. The highest BCUT2D eigenvalue weighted by molar-refractivity contribution is 5.77. The molecule has 3 aromatic rings. The molecule has 0 saturated heterocycles. The summed E-state index contributed by atoms with van der Waals surface area (Å²) in [7, 11) is 0. The number of hydrogen-bond donors (Lipinski definition) is 1. The van der Waals surface area contributed by atoms with E-state index in [2.05, 4.69) is 13.8 Å². The first-order valence-electron chi connectivity index (χ1n) is 11.3. The van der Waals surface area contributed by atoms with Crippen LogP contribution in [0.4, 0.5) is 0 Å². The molecule has 1 N–H and O–H groups in total. The van der Waals surface area contributed by atoms with Gasteiger partial charge in [-0.25, -0.2) is 0 Å². The third-order valence-electron chi connectivity index (χ3n) is 5.10. The van der Waals surface area contributed by atoms with Crippen molar-refractivity contribution in [2.75, 3.05) is 13.2 Å². The summed E-state index contributed by atoms with van der Waals surface area (Å²) >= 11 is 0. The molecule has 0 amide bonds. The summed E-state index contributed by atoms with van der Waals surface area (Å²) in [6.07, 6.45) is 2.90. The number of para-hydroxylation sites is 1. The number of ether oxygens (including phenoxy) is 2. The van der Waals surface area contributed by atoms with Crippen molar-refractivity contribution < 1.29 is 19.4 Å². The summed E-state index contributed by atoms with van der Waals surface area (Å²) in [6.45, 7) is 8.14. The Labute approximate surface area is 189 Å². The van der Waals surface area contributed by atoms with Gasteiger partial charge in [0.2, 0.25) is 0 Å². The number of aryl methyl sites for hydroxylation is 1. The molecule has 3 rings (SSSR count). The van der Waals surface area contributed by atoms with Crippen LogP contribution in [0.5, 0.6) is 11.5 Å². The fourth-order valence-electron chi connectivity index (χ4n) is 3.60. The van der Waals surface area contributed by atoms with Crippen molar-refractivity contribution in [3.8, 4) is 34.0 Å². The molecule has 0 spiro atoms. The molecule has 170 valence electrons. The van der Waals surface area contributed by atoms with Crippen molar-refractivity contribution in [1.29, 1.82) is 0 Å². The van der Waals surface area contributed by atoms with E-state index in [1.807, 2.05) is 60.1 Å². The van der Waals surface area contributed by atoms with Crippen LogP contribution in [0.2, 0.25) is 0 Å². The van der Waals surface area contributed by atoms with E-state index in [1.165, 1.54) is 0 Å². The molecular formula is C26H32N2O4. The van der Waals surface area contributed by atoms with Gasteiger partial charge in [-0.05, 0) is 55.7 Å². The van der Waals surface area contributed by atoms with Crippen LogP contribution in [0.3, 0.4) is 0 Å². The minimum absolute atomic E-state index is 0.0440. The number of benzene rings is 2. The van der Waals surface area contributed by atoms with Gasteiger partial charge in [0.15, 0.2) is 0 Å². The summed E-state index contributed by atoms with van der Waals surface area (Å²) in [5, 5.41) is 14.2. The van der Waals surface area contributed by atoms with Gasteiger partial charge in [0, 0.05) is 17.7 Å². The lowest BCUT2D eigenvalue weighted by molar-refractivity contribution is -0.136. The molecule has 0 unspecified atom stereocenters. The van der Waals surface area contributed by atoms with Crippen LogP contribution in [0.25, 0.3) is 22.5 Å². The van der Waals surface area contributed by atoms with Gasteiger partial charge in [-0.3, -0.25) is 9.48 Å². The lowest BCUT2D eigenvalue weighted by Gasteiger charge is -2.11. The maximum absolute atomic E-state index is 11.3. The maximum Gasteiger partial charge on any atom is 0.307 e. The number of carbonyl (C=O) groups is 1. The first kappa shape index (κ1) is 23.4. The lowest BCUT2D eigenvalue weighted by atomic mass is 10.0. The SMILES string of the molecule is CCCCn1nc(-c2cc(CC(=O)O)ccc2OCCC)cc1-c1ccccc1OCC. The van der Waals surface area contributed by atoms with Crippen LogP contribution in [-0.2, 0) is 17.8 Å². The van der Waals surface area contributed by atoms with Crippen molar-refractivity contribution in [2.24, 2.45) is 0 Å². The van der Waals surface area contributed by atoms with Gasteiger partial charge in [0.25, 0.3) is 0 Å². The molecule has 0 aliphatic rings. The Morgan fingerprint density at radius 2 is 1.75 bits per heavy atom. The van der Waals surface area contributed by atoms with E-state index in [0.29, 0.717) is 19.0 Å². The van der Waals surface area contributed by atoms with E-state index < -0.39 is 5.97 Å². The summed E-state index contributed by atoms with van der Waals surface area (Å²) in [6, 6.07) is 15.6. The van der Waals surface area contributed by atoms with Gasteiger partial charge in [-0.15, -0.1) is 0 Å². The normalized spacial score (nSPS) is 10.8. The predicted molar refractivity (Wildman–Crippen MR) is 126 cm³/mol. The number of hydrogen-bond acceptors (Lipinski definition) is 4. The third kappa shape index (κ3) is 5.69. The Morgan fingerprint density at radius 1 is 0.969 bits per heavy atom. The highest BCUT2D eigenvalue weighted by Crippen LogP contribution is 2.36. The smallest absolute Gasteiger partial charge is 0.307 e.